The normalized spacial score (nSPS) is 15.2. The molecular weight excluding hydrogens is 249 g/mol. The molecule has 1 N–H and O–H groups in total. The molecule has 0 saturated carbocycles. The number of nitro groups is 1. The maximum absolute atomic E-state index is 13.6. The monoisotopic (exact) mass is 261 g/mol. The van der Waals surface area contributed by atoms with E-state index in [-0.39, 0.29) is 18.1 Å². The first-order valence-electron chi connectivity index (χ1n) is 5.08. The number of rotatable bonds is 2. The third-order valence-electron chi connectivity index (χ3n) is 2.60. The number of non-ortho nitro benzene ring substituents is 1. The van der Waals surface area contributed by atoms with Crippen molar-refractivity contribution in [2.24, 2.45) is 0 Å². The number of hydrogen-bond donors (Lipinski definition) is 1. The Morgan fingerprint density at radius 1 is 1.35 bits per heavy atom. The number of nitrogens with zero attached hydrogens (tertiary/aromatic N) is 2. The second kappa shape index (κ2) is 5.79. The number of benzene rings is 1. The molecule has 0 radical (unpaired) electrons. The van der Waals surface area contributed by atoms with Crippen LogP contribution in [0.4, 0.5) is 15.8 Å². The Morgan fingerprint density at radius 3 is 2.53 bits per heavy atom. The molecule has 17 heavy (non-hydrogen) atoms. The van der Waals surface area contributed by atoms with Gasteiger partial charge in [-0.1, -0.05) is 0 Å². The van der Waals surface area contributed by atoms with Gasteiger partial charge in [-0.15, -0.1) is 12.4 Å². The number of nitro benzene ring substituents is 1. The summed E-state index contributed by atoms with van der Waals surface area (Å²) in [5.74, 6) is -0.531. The summed E-state index contributed by atoms with van der Waals surface area (Å²) >= 11 is 0. The standard InChI is InChI=1S/C10H12FN3O2.ClH/c11-9-7-8(14(15)16)1-2-10(9)13-5-3-12-4-6-13;/h1-2,7,12H,3-6H2;1H. The molecule has 0 spiro atoms. The average Bonchev–Trinajstić information content (AvgIpc) is 2.30. The Morgan fingerprint density at radius 2 is 2.00 bits per heavy atom. The minimum absolute atomic E-state index is 0. The van der Waals surface area contributed by atoms with E-state index in [9.17, 15) is 14.5 Å². The summed E-state index contributed by atoms with van der Waals surface area (Å²) in [4.78, 5) is 11.7. The van der Waals surface area contributed by atoms with Crippen LogP contribution in [0.2, 0.25) is 0 Å². The van der Waals surface area contributed by atoms with E-state index in [1.807, 2.05) is 4.90 Å². The van der Waals surface area contributed by atoms with Crippen LogP contribution in [0.15, 0.2) is 18.2 Å². The zero-order valence-electron chi connectivity index (χ0n) is 9.06. The van der Waals surface area contributed by atoms with Crippen LogP contribution in [-0.4, -0.2) is 31.1 Å². The molecule has 0 atom stereocenters. The summed E-state index contributed by atoms with van der Waals surface area (Å²) in [6, 6.07) is 3.77. The summed E-state index contributed by atoms with van der Waals surface area (Å²) in [6.07, 6.45) is 0. The Kier molecular flexibility index (Phi) is 4.65. The average molecular weight is 262 g/mol. The molecule has 2 rings (SSSR count). The van der Waals surface area contributed by atoms with Crippen LogP contribution in [0.5, 0.6) is 0 Å². The molecule has 94 valence electrons. The lowest BCUT2D eigenvalue weighted by atomic mass is 10.2. The third-order valence-corrected chi connectivity index (χ3v) is 2.60. The maximum atomic E-state index is 13.6. The Bertz CT molecular complexity index is 411. The number of halogens is 2. The Labute approximate surface area is 104 Å². The Balaban J connectivity index is 0.00000144. The van der Waals surface area contributed by atoms with Crippen molar-refractivity contribution in [3.8, 4) is 0 Å². The van der Waals surface area contributed by atoms with Gasteiger partial charge in [0.05, 0.1) is 16.7 Å². The highest BCUT2D eigenvalue weighted by atomic mass is 35.5. The van der Waals surface area contributed by atoms with Crippen molar-refractivity contribution in [3.63, 3.8) is 0 Å². The van der Waals surface area contributed by atoms with E-state index in [2.05, 4.69) is 5.32 Å². The van der Waals surface area contributed by atoms with Gasteiger partial charge in [-0.2, -0.15) is 0 Å². The fourth-order valence-electron chi connectivity index (χ4n) is 1.77. The van der Waals surface area contributed by atoms with Crippen LogP contribution in [0, 0.1) is 15.9 Å². The molecule has 1 heterocycles. The molecule has 0 aliphatic carbocycles. The van der Waals surface area contributed by atoms with Crippen molar-refractivity contribution in [3.05, 3.63) is 34.1 Å². The third kappa shape index (κ3) is 3.04. The summed E-state index contributed by atoms with van der Waals surface area (Å²) in [6.45, 7) is 3.04. The molecule has 0 aromatic heterocycles. The molecule has 5 nitrogen and oxygen atoms in total. The lowest BCUT2D eigenvalue weighted by Gasteiger charge is -2.29. The maximum Gasteiger partial charge on any atom is 0.272 e. The van der Waals surface area contributed by atoms with Crippen molar-refractivity contribution >= 4 is 23.8 Å². The van der Waals surface area contributed by atoms with Crippen molar-refractivity contribution in [2.45, 2.75) is 0 Å². The van der Waals surface area contributed by atoms with E-state index in [0.29, 0.717) is 18.8 Å². The smallest absolute Gasteiger partial charge is 0.272 e. The summed E-state index contributed by atoms with van der Waals surface area (Å²) < 4.78 is 13.6. The molecule has 0 amide bonds. The van der Waals surface area contributed by atoms with Gasteiger partial charge in [-0.05, 0) is 6.07 Å². The molecule has 1 aromatic rings. The van der Waals surface area contributed by atoms with Crippen LogP contribution in [0.25, 0.3) is 0 Å². The highest BCUT2D eigenvalue weighted by Gasteiger charge is 2.17. The molecule has 1 aliphatic rings. The molecule has 1 fully saturated rings. The quantitative estimate of drug-likeness (QED) is 0.648. The zero-order valence-corrected chi connectivity index (χ0v) is 9.87. The van der Waals surface area contributed by atoms with Crippen molar-refractivity contribution in [2.75, 3.05) is 31.1 Å². The first kappa shape index (κ1) is 13.7. The molecule has 1 aromatic carbocycles. The number of anilines is 1. The fraction of sp³-hybridized carbons (Fsp3) is 0.400. The van der Waals surface area contributed by atoms with Gasteiger partial charge in [0.15, 0.2) is 5.82 Å². The van der Waals surface area contributed by atoms with Crippen molar-refractivity contribution in [1.29, 1.82) is 0 Å². The van der Waals surface area contributed by atoms with Crippen LogP contribution in [-0.2, 0) is 0 Å². The van der Waals surface area contributed by atoms with Gasteiger partial charge >= 0.3 is 0 Å². The van der Waals surface area contributed by atoms with E-state index in [1.54, 1.807) is 0 Å². The molecule has 7 heteroatoms. The zero-order chi connectivity index (χ0) is 11.5. The highest BCUT2D eigenvalue weighted by Crippen LogP contribution is 2.24. The highest BCUT2D eigenvalue weighted by molar-refractivity contribution is 5.85. The minimum Gasteiger partial charge on any atom is -0.367 e. The van der Waals surface area contributed by atoms with Gasteiger partial charge in [-0.25, -0.2) is 4.39 Å². The van der Waals surface area contributed by atoms with Crippen LogP contribution < -0.4 is 10.2 Å². The molecule has 0 unspecified atom stereocenters. The van der Waals surface area contributed by atoms with Gasteiger partial charge in [-0.3, -0.25) is 10.1 Å². The molecular formula is C10H13ClFN3O2. The topological polar surface area (TPSA) is 58.4 Å². The SMILES string of the molecule is Cl.O=[N+]([O-])c1ccc(N2CCNCC2)c(F)c1. The summed E-state index contributed by atoms with van der Waals surface area (Å²) in [5, 5.41) is 13.6. The Hall–Kier alpha value is -1.40. The van der Waals surface area contributed by atoms with Gasteiger partial charge in [0.25, 0.3) is 5.69 Å². The van der Waals surface area contributed by atoms with Crippen LogP contribution in [0.3, 0.4) is 0 Å². The molecule has 0 bridgehead atoms. The van der Waals surface area contributed by atoms with Crippen LogP contribution >= 0.6 is 12.4 Å². The van der Waals surface area contributed by atoms with Gasteiger partial charge in [0.2, 0.25) is 0 Å². The largest absolute Gasteiger partial charge is 0.367 e. The van der Waals surface area contributed by atoms with Crippen molar-refractivity contribution < 1.29 is 9.31 Å². The van der Waals surface area contributed by atoms with Crippen LogP contribution in [0.1, 0.15) is 0 Å². The first-order chi connectivity index (χ1) is 7.68. The van der Waals surface area contributed by atoms with E-state index >= 15 is 0 Å². The van der Waals surface area contributed by atoms with E-state index in [4.69, 9.17) is 0 Å². The van der Waals surface area contributed by atoms with Gasteiger partial charge in [0, 0.05) is 32.2 Å². The molecule has 1 saturated heterocycles. The number of nitrogens with one attached hydrogen (secondary N) is 1. The van der Waals surface area contributed by atoms with Gasteiger partial charge in [0.1, 0.15) is 0 Å². The predicted molar refractivity (Wildman–Crippen MR) is 65.4 cm³/mol. The lowest BCUT2D eigenvalue weighted by Crippen LogP contribution is -2.43. The van der Waals surface area contributed by atoms with E-state index in [1.165, 1.54) is 12.1 Å². The lowest BCUT2D eigenvalue weighted by molar-refractivity contribution is -0.385. The predicted octanol–water partition coefficient (Wildman–Crippen LogP) is 1.57. The second-order valence-corrected chi connectivity index (χ2v) is 3.63. The number of piperazine rings is 1. The number of hydrogen-bond acceptors (Lipinski definition) is 4. The second-order valence-electron chi connectivity index (χ2n) is 3.63. The minimum atomic E-state index is -0.593. The van der Waals surface area contributed by atoms with E-state index in [0.717, 1.165) is 19.2 Å². The van der Waals surface area contributed by atoms with Gasteiger partial charge < -0.3 is 10.2 Å². The first-order valence-corrected chi connectivity index (χ1v) is 5.08. The summed E-state index contributed by atoms with van der Waals surface area (Å²) in [7, 11) is 0. The fourth-order valence-corrected chi connectivity index (χ4v) is 1.77. The summed E-state index contributed by atoms with van der Waals surface area (Å²) in [5.41, 5.74) is 0.225. The molecule has 1 aliphatic heterocycles. The van der Waals surface area contributed by atoms with E-state index < -0.39 is 10.7 Å². The van der Waals surface area contributed by atoms with Crippen molar-refractivity contribution in [1.82, 2.24) is 5.32 Å².